The summed E-state index contributed by atoms with van der Waals surface area (Å²) in [5, 5.41) is 12.9. The van der Waals surface area contributed by atoms with Gasteiger partial charge in [-0.3, -0.25) is 19.2 Å². The van der Waals surface area contributed by atoms with Crippen LogP contribution in [0.3, 0.4) is 0 Å². The maximum Gasteiger partial charge on any atom is 0.230 e. The molecule has 162 valence electrons. The number of nitrogens with zero attached hydrogens (tertiary/aromatic N) is 6. The molecule has 0 radical (unpaired) electrons. The second kappa shape index (κ2) is 9.01. The van der Waals surface area contributed by atoms with Gasteiger partial charge < -0.3 is 0 Å². The predicted molar refractivity (Wildman–Crippen MR) is 127 cm³/mol. The van der Waals surface area contributed by atoms with E-state index in [4.69, 9.17) is 16.6 Å². The molecule has 0 saturated heterocycles. The van der Waals surface area contributed by atoms with E-state index in [1.54, 1.807) is 41.2 Å². The lowest BCUT2D eigenvalue weighted by Gasteiger charge is -2.18. The molecule has 1 aliphatic carbocycles. The van der Waals surface area contributed by atoms with E-state index >= 15 is 0 Å². The highest BCUT2D eigenvalue weighted by atomic mass is 35.5. The third kappa shape index (κ3) is 4.41. The monoisotopic (exact) mass is 482 g/mol. The molecule has 0 unspecified atom stereocenters. The first-order valence-corrected chi connectivity index (χ1v) is 12.3. The fourth-order valence-electron chi connectivity index (χ4n) is 3.38. The molecule has 4 aromatic rings. The molecule has 3 heterocycles. The topological polar surface area (TPSA) is 76.8 Å². The number of benzene rings is 1. The van der Waals surface area contributed by atoms with Crippen LogP contribution in [0.4, 0.5) is 10.8 Å². The number of aromatic nitrogens is 5. The normalized spacial score (nSPS) is 13.3. The number of pyridine rings is 1. The first kappa shape index (κ1) is 21.1. The van der Waals surface area contributed by atoms with Crippen LogP contribution in [0.2, 0.25) is 5.02 Å². The fourth-order valence-corrected chi connectivity index (χ4v) is 5.46. The minimum atomic E-state index is -0.115. The van der Waals surface area contributed by atoms with Crippen molar-refractivity contribution in [2.75, 3.05) is 4.90 Å². The van der Waals surface area contributed by atoms with Crippen LogP contribution < -0.4 is 4.90 Å². The average Bonchev–Trinajstić information content (AvgIpc) is 3.37. The summed E-state index contributed by atoms with van der Waals surface area (Å²) in [5.41, 5.74) is 2.61. The second-order valence-electron chi connectivity index (χ2n) is 7.39. The summed E-state index contributed by atoms with van der Waals surface area (Å²) in [5.74, 6) is 1.40. The van der Waals surface area contributed by atoms with Gasteiger partial charge in [0.1, 0.15) is 0 Å². The molecule has 3 aromatic heterocycles. The molecule has 1 saturated carbocycles. The van der Waals surface area contributed by atoms with Gasteiger partial charge in [-0.05, 0) is 43.2 Å². The van der Waals surface area contributed by atoms with Gasteiger partial charge in [-0.15, -0.1) is 21.5 Å². The lowest BCUT2D eigenvalue weighted by molar-refractivity contribution is -0.115. The van der Waals surface area contributed by atoms with Crippen LogP contribution in [0.15, 0.2) is 59.3 Å². The van der Waals surface area contributed by atoms with Gasteiger partial charge in [0.05, 0.1) is 11.4 Å². The Hall–Kier alpha value is -2.75. The third-order valence-corrected chi connectivity index (χ3v) is 7.06. The third-order valence-electron chi connectivity index (χ3n) is 4.98. The van der Waals surface area contributed by atoms with E-state index < -0.39 is 0 Å². The Labute approximate surface area is 198 Å². The van der Waals surface area contributed by atoms with Gasteiger partial charge in [-0.25, -0.2) is 4.98 Å². The number of hydrogen-bond acceptors (Lipinski definition) is 7. The zero-order valence-electron chi connectivity index (χ0n) is 17.2. The highest BCUT2D eigenvalue weighted by Crippen LogP contribution is 2.41. The van der Waals surface area contributed by atoms with Crippen molar-refractivity contribution in [3.63, 3.8) is 0 Å². The number of thioether (sulfide) groups is 1. The number of thiazole rings is 1. The van der Waals surface area contributed by atoms with Gasteiger partial charge in [-0.1, -0.05) is 29.4 Å². The molecular weight excluding hydrogens is 464 g/mol. The van der Waals surface area contributed by atoms with E-state index in [1.807, 2.05) is 29.6 Å². The van der Waals surface area contributed by atoms with Crippen LogP contribution in [0.1, 0.15) is 31.5 Å². The van der Waals surface area contributed by atoms with Crippen molar-refractivity contribution in [2.24, 2.45) is 0 Å². The minimum absolute atomic E-state index is 0.115. The molecule has 1 fully saturated rings. The van der Waals surface area contributed by atoms with E-state index in [0.29, 0.717) is 27.6 Å². The number of amides is 1. The second-order valence-corrected chi connectivity index (χ2v) is 9.60. The first-order chi connectivity index (χ1) is 15.6. The highest BCUT2D eigenvalue weighted by Gasteiger charge is 2.30. The standard InChI is InChI=1S/C22H19ClN6OS2/c1-14(30)28(19-4-2-3-16(23)11-19)21-25-17(12-31-21)13-32-22-27-26-20(29(22)18-5-6-18)15-7-9-24-10-8-15/h2-4,7-12,18H,5-6,13H2,1H3. The van der Waals surface area contributed by atoms with Crippen molar-refractivity contribution in [1.82, 2.24) is 24.7 Å². The molecule has 1 aliphatic rings. The van der Waals surface area contributed by atoms with Crippen LogP contribution in [0.25, 0.3) is 11.4 Å². The average molecular weight is 483 g/mol. The zero-order valence-corrected chi connectivity index (χ0v) is 19.6. The van der Waals surface area contributed by atoms with Crippen molar-refractivity contribution in [2.45, 2.75) is 36.7 Å². The largest absolute Gasteiger partial charge is 0.299 e. The minimum Gasteiger partial charge on any atom is -0.299 e. The van der Waals surface area contributed by atoms with Crippen LogP contribution in [0, 0.1) is 0 Å². The molecule has 0 aliphatic heterocycles. The van der Waals surface area contributed by atoms with Gasteiger partial charge >= 0.3 is 0 Å². The summed E-state index contributed by atoms with van der Waals surface area (Å²) in [6.45, 7) is 1.52. The van der Waals surface area contributed by atoms with Gasteiger partial charge in [0.25, 0.3) is 0 Å². The molecule has 1 aromatic carbocycles. The fraction of sp³-hybridized carbons (Fsp3) is 0.227. The number of carbonyl (C=O) groups is 1. The highest BCUT2D eigenvalue weighted by molar-refractivity contribution is 7.98. The van der Waals surface area contributed by atoms with E-state index in [1.165, 1.54) is 18.3 Å². The van der Waals surface area contributed by atoms with E-state index in [-0.39, 0.29) is 5.91 Å². The molecule has 0 atom stereocenters. The number of carbonyl (C=O) groups excluding carboxylic acids is 1. The lowest BCUT2D eigenvalue weighted by atomic mass is 10.2. The summed E-state index contributed by atoms with van der Waals surface area (Å²) in [4.78, 5) is 22.7. The molecule has 10 heteroatoms. The molecule has 0 bridgehead atoms. The van der Waals surface area contributed by atoms with Crippen molar-refractivity contribution < 1.29 is 4.79 Å². The van der Waals surface area contributed by atoms with Crippen LogP contribution in [0.5, 0.6) is 0 Å². The SMILES string of the molecule is CC(=O)N(c1cccc(Cl)c1)c1nc(CSc2nnc(-c3ccncc3)n2C2CC2)cs1. The summed E-state index contributed by atoms with van der Waals surface area (Å²) >= 11 is 9.16. The molecule has 0 N–H and O–H groups in total. The first-order valence-electron chi connectivity index (χ1n) is 10.1. The molecule has 0 spiro atoms. The van der Waals surface area contributed by atoms with Crippen molar-refractivity contribution in [3.8, 4) is 11.4 Å². The van der Waals surface area contributed by atoms with Crippen LogP contribution >= 0.6 is 34.7 Å². The molecule has 32 heavy (non-hydrogen) atoms. The Kier molecular flexibility index (Phi) is 5.95. The summed E-state index contributed by atoms with van der Waals surface area (Å²) < 4.78 is 2.22. The predicted octanol–water partition coefficient (Wildman–Crippen LogP) is 5.76. The smallest absolute Gasteiger partial charge is 0.230 e. The van der Waals surface area contributed by atoms with E-state index in [9.17, 15) is 4.79 Å². The van der Waals surface area contributed by atoms with E-state index in [0.717, 1.165) is 35.1 Å². The lowest BCUT2D eigenvalue weighted by Crippen LogP contribution is -2.22. The Morgan fingerprint density at radius 2 is 2.06 bits per heavy atom. The van der Waals surface area contributed by atoms with E-state index in [2.05, 4.69) is 19.7 Å². The molecule has 7 nitrogen and oxygen atoms in total. The van der Waals surface area contributed by atoms with Gasteiger partial charge in [0.15, 0.2) is 16.1 Å². The van der Waals surface area contributed by atoms with Gasteiger partial charge in [0, 0.05) is 47.1 Å². The maximum absolute atomic E-state index is 12.3. The van der Waals surface area contributed by atoms with Gasteiger partial charge in [-0.2, -0.15) is 0 Å². The summed E-state index contributed by atoms with van der Waals surface area (Å²) in [6.07, 6.45) is 5.81. The molecule has 1 amide bonds. The number of anilines is 2. The summed E-state index contributed by atoms with van der Waals surface area (Å²) in [7, 11) is 0. The molecule has 5 rings (SSSR count). The summed E-state index contributed by atoms with van der Waals surface area (Å²) in [6, 6.07) is 11.6. The Bertz CT molecular complexity index is 1250. The Balaban J connectivity index is 1.36. The van der Waals surface area contributed by atoms with Gasteiger partial charge in [0.2, 0.25) is 5.91 Å². The number of hydrogen-bond donors (Lipinski definition) is 0. The van der Waals surface area contributed by atoms with Crippen LogP contribution in [-0.2, 0) is 10.5 Å². The van der Waals surface area contributed by atoms with Crippen molar-refractivity contribution in [1.29, 1.82) is 0 Å². The van der Waals surface area contributed by atoms with Crippen LogP contribution in [-0.4, -0.2) is 30.6 Å². The number of halogens is 1. The Morgan fingerprint density at radius 1 is 1.25 bits per heavy atom. The van der Waals surface area contributed by atoms with Crippen molar-refractivity contribution in [3.05, 3.63) is 64.9 Å². The zero-order chi connectivity index (χ0) is 22.1. The Morgan fingerprint density at radius 3 is 2.78 bits per heavy atom. The maximum atomic E-state index is 12.3. The molecular formula is C22H19ClN6OS2. The van der Waals surface area contributed by atoms with Crippen molar-refractivity contribution >= 4 is 51.4 Å². The number of rotatable bonds is 7. The quantitative estimate of drug-likeness (QED) is 0.311.